The van der Waals surface area contributed by atoms with Crippen LogP contribution in [-0.4, -0.2) is 4.98 Å². The standard InChI is InChI=1S/C21H22N/c1-14(2)17-11-18(15(3)4)13-19(12-17)21-10-9-16-7-5-6-8-20(16)22-21/h5-10,12-15H,1-4H3. The molecular weight excluding hydrogens is 266 g/mol. The molecule has 0 atom stereocenters. The van der Waals surface area contributed by atoms with Gasteiger partial charge in [-0.05, 0) is 53.3 Å². The summed E-state index contributed by atoms with van der Waals surface area (Å²) < 4.78 is 0. The summed E-state index contributed by atoms with van der Waals surface area (Å²) in [5.74, 6) is 0.941. The molecule has 1 heteroatoms. The average molecular weight is 288 g/mol. The third kappa shape index (κ3) is 2.89. The molecule has 0 N–H and O–H groups in total. The fourth-order valence-corrected chi connectivity index (χ4v) is 2.61. The van der Waals surface area contributed by atoms with Gasteiger partial charge in [0.1, 0.15) is 0 Å². The molecule has 0 bridgehead atoms. The van der Waals surface area contributed by atoms with Gasteiger partial charge in [-0.2, -0.15) is 0 Å². The van der Waals surface area contributed by atoms with Gasteiger partial charge in [0.15, 0.2) is 0 Å². The zero-order chi connectivity index (χ0) is 15.7. The average Bonchev–Trinajstić information content (AvgIpc) is 2.53. The van der Waals surface area contributed by atoms with Crippen LogP contribution in [0, 0.1) is 6.07 Å². The van der Waals surface area contributed by atoms with Crippen LogP contribution in [0.25, 0.3) is 22.2 Å². The minimum absolute atomic E-state index is 0.470. The van der Waals surface area contributed by atoms with Gasteiger partial charge >= 0.3 is 0 Å². The number of hydrogen-bond donors (Lipinski definition) is 0. The fourth-order valence-electron chi connectivity index (χ4n) is 2.61. The summed E-state index contributed by atoms with van der Waals surface area (Å²) >= 11 is 0. The minimum Gasteiger partial charge on any atom is -0.248 e. The number of pyridine rings is 1. The summed E-state index contributed by atoms with van der Waals surface area (Å²) in [5, 5.41) is 1.18. The smallest absolute Gasteiger partial charge is 0.0709 e. The van der Waals surface area contributed by atoms with E-state index in [1.165, 1.54) is 22.1 Å². The van der Waals surface area contributed by atoms with Gasteiger partial charge in [-0.15, -0.1) is 0 Å². The molecule has 3 rings (SSSR count). The molecule has 0 saturated heterocycles. The largest absolute Gasteiger partial charge is 0.248 e. The first kappa shape index (κ1) is 14.8. The number of hydrogen-bond acceptors (Lipinski definition) is 1. The van der Waals surface area contributed by atoms with Crippen LogP contribution in [-0.2, 0) is 0 Å². The van der Waals surface area contributed by atoms with Crippen molar-refractivity contribution in [2.24, 2.45) is 0 Å². The Hall–Kier alpha value is -2.15. The second kappa shape index (κ2) is 5.92. The van der Waals surface area contributed by atoms with E-state index < -0.39 is 0 Å². The molecule has 1 radical (unpaired) electrons. The lowest BCUT2D eigenvalue weighted by molar-refractivity contribution is 0.831. The van der Waals surface area contributed by atoms with E-state index in [2.05, 4.69) is 76.2 Å². The highest BCUT2D eigenvalue weighted by Crippen LogP contribution is 2.28. The second-order valence-corrected chi connectivity index (χ2v) is 6.48. The summed E-state index contributed by atoms with van der Waals surface area (Å²) in [5.41, 5.74) is 5.80. The summed E-state index contributed by atoms with van der Waals surface area (Å²) in [6.07, 6.45) is 0. The SMILES string of the molecule is CC(C)c1[c]c(C(C)C)cc(-c2ccc3ccccc3n2)c1. The van der Waals surface area contributed by atoms with Crippen LogP contribution in [0.2, 0.25) is 0 Å². The van der Waals surface area contributed by atoms with Gasteiger partial charge < -0.3 is 0 Å². The Morgan fingerprint density at radius 3 is 2.09 bits per heavy atom. The highest BCUT2D eigenvalue weighted by molar-refractivity contribution is 5.81. The molecule has 1 nitrogen and oxygen atoms in total. The van der Waals surface area contributed by atoms with E-state index in [1.54, 1.807) is 0 Å². The number of fused-ring (bicyclic) bond motifs is 1. The number of nitrogens with zero attached hydrogens (tertiary/aromatic N) is 1. The molecule has 111 valence electrons. The Labute approximate surface area is 133 Å². The Bertz CT molecular complexity index is 774. The summed E-state index contributed by atoms with van der Waals surface area (Å²) in [6.45, 7) is 8.86. The molecule has 1 heterocycles. The number of benzene rings is 2. The van der Waals surface area contributed by atoms with E-state index in [0.29, 0.717) is 11.8 Å². The third-order valence-corrected chi connectivity index (χ3v) is 4.05. The molecule has 0 fully saturated rings. The maximum absolute atomic E-state index is 4.83. The molecular formula is C21H22N. The van der Waals surface area contributed by atoms with Crippen LogP contribution in [0.3, 0.4) is 0 Å². The van der Waals surface area contributed by atoms with E-state index in [4.69, 9.17) is 4.98 Å². The highest BCUT2D eigenvalue weighted by atomic mass is 14.7. The first-order chi connectivity index (χ1) is 10.5. The Balaban J connectivity index is 2.16. The first-order valence-corrected chi connectivity index (χ1v) is 7.98. The van der Waals surface area contributed by atoms with Gasteiger partial charge in [0.2, 0.25) is 0 Å². The van der Waals surface area contributed by atoms with Crippen molar-refractivity contribution in [1.82, 2.24) is 4.98 Å². The maximum atomic E-state index is 4.83. The summed E-state index contributed by atoms with van der Waals surface area (Å²) in [4.78, 5) is 4.83. The fraction of sp³-hybridized carbons (Fsp3) is 0.286. The van der Waals surface area contributed by atoms with Crippen molar-refractivity contribution in [3.8, 4) is 11.3 Å². The maximum Gasteiger partial charge on any atom is 0.0709 e. The van der Waals surface area contributed by atoms with Gasteiger partial charge in [-0.25, -0.2) is 4.98 Å². The minimum atomic E-state index is 0.470. The Morgan fingerprint density at radius 1 is 0.818 bits per heavy atom. The second-order valence-electron chi connectivity index (χ2n) is 6.48. The van der Waals surface area contributed by atoms with Crippen molar-refractivity contribution in [3.63, 3.8) is 0 Å². The van der Waals surface area contributed by atoms with E-state index in [9.17, 15) is 0 Å². The molecule has 0 aliphatic carbocycles. The van der Waals surface area contributed by atoms with Crippen LogP contribution >= 0.6 is 0 Å². The Morgan fingerprint density at radius 2 is 1.45 bits per heavy atom. The Kier molecular flexibility index (Phi) is 3.98. The van der Waals surface area contributed by atoms with Gasteiger partial charge in [-0.3, -0.25) is 0 Å². The molecule has 3 aromatic rings. The van der Waals surface area contributed by atoms with Crippen molar-refractivity contribution in [3.05, 3.63) is 65.7 Å². The van der Waals surface area contributed by atoms with Crippen LogP contribution in [0.1, 0.15) is 50.7 Å². The highest BCUT2D eigenvalue weighted by Gasteiger charge is 2.10. The van der Waals surface area contributed by atoms with E-state index in [0.717, 1.165) is 11.2 Å². The first-order valence-electron chi connectivity index (χ1n) is 7.98. The zero-order valence-corrected chi connectivity index (χ0v) is 13.7. The molecule has 0 unspecified atom stereocenters. The predicted octanol–water partition coefficient (Wildman–Crippen LogP) is 5.95. The van der Waals surface area contributed by atoms with Crippen molar-refractivity contribution >= 4 is 10.9 Å². The molecule has 2 aromatic carbocycles. The molecule has 0 aliphatic heterocycles. The molecule has 0 amide bonds. The van der Waals surface area contributed by atoms with Crippen LogP contribution < -0.4 is 0 Å². The van der Waals surface area contributed by atoms with Crippen molar-refractivity contribution in [2.45, 2.75) is 39.5 Å². The van der Waals surface area contributed by atoms with Gasteiger partial charge in [-0.1, -0.05) is 52.0 Å². The van der Waals surface area contributed by atoms with Crippen molar-refractivity contribution in [2.75, 3.05) is 0 Å². The monoisotopic (exact) mass is 288 g/mol. The van der Waals surface area contributed by atoms with Crippen LogP contribution in [0.4, 0.5) is 0 Å². The predicted molar refractivity (Wildman–Crippen MR) is 94.2 cm³/mol. The van der Waals surface area contributed by atoms with Crippen molar-refractivity contribution in [1.29, 1.82) is 0 Å². The number of para-hydroxylation sites is 1. The normalized spacial score (nSPS) is 11.5. The summed E-state index contributed by atoms with van der Waals surface area (Å²) in [6, 6.07) is 20.6. The lowest BCUT2D eigenvalue weighted by Crippen LogP contribution is -1.96. The number of rotatable bonds is 3. The van der Waals surface area contributed by atoms with E-state index >= 15 is 0 Å². The molecule has 0 spiro atoms. The van der Waals surface area contributed by atoms with Gasteiger partial charge in [0.25, 0.3) is 0 Å². The van der Waals surface area contributed by atoms with Gasteiger partial charge in [0, 0.05) is 10.9 Å². The lowest BCUT2D eigenvalue weighted by Gasteiger charge is -2.14. The third-order valence-electron chi connectivity index (χ3n) is 4.05. The topological polar surface area (TPSA) is 12.9 Å². The van der Waals surface area contributed by atoms with E-state index in [-0.39, 0.29) is 0 Å². The van der Waals surface area contributed by atoms with Crippen LogP contribution in [0.15, 0.2) is 48.5 Å². The lowest BCUT2D eigenvalue weighted by atomic mass is 9.92. The molecule has 0 saturated carbocycles. The van der Waals surface area contributed by atoms with E-state index in [1.807, 2.05) is 6.07 Å². The molecule has 0 aliphatic rings. The van der Waals surface area contributed by atoms with Gasteiger partial charge in [0.05, 0.1) is 11.2 Å². The van der Waals surface area contributed by atoms with Crippen molar-refractivity contribution < 1.29 is 0 Å². The molecule has 22 heavy (non-hydrogen) atoms. The zero-order valence-electron chi connectivity index (χ0n) is 13.7. The molecule has 1 aromatic heterocycles. The quantitative estimate of drug-likeness (QED) is 0.580. The summed E-state index contributed by atoms with van der Waals surface area (Å²) in [7, 11) is 0. The van der Waals surface area contributed by atoms with Crippen LogP contribution in [0.5, 0.6) is 0 Å². The number of aromatic nitrogens is 1.